The molecule has 0 aromatic carbocycles. The third-order valence-corrected chi connectivity index (χ3v) is 3.63. The van der Waals surface area contributed by atoms with Crippen LogP contribution >= 0.6 is 0 Å². The molecule has 1 unspecified atom stereocenters. The molecule has 0 radical (unpaired) electrons. The minimum Gasteiger partial charge on any atom is -0.360 e. The van der Waals surface area contributed by atoms with E-state index in [-0.39, 0.29) is 6.29 Å². The van der Waals surface area contributed by atoms with E-state index in [1.54, 1.807) is 0 Å². The van der Waals surface area contributed by atoms with Gasteiger partial charge >= 0.3 is 0 Å². The van der Waals surface area contributed by atoms with Gasteiger partial charge in [-0.2, -0.15) is 0 Å². The van der Waals surface area contributed by atoms with Gasteiger partial charge in [0.2, 0.25) is 0 Å². The summed E-state index contributed by atoms with van der Waals surface area (Å²) in [6.07, 6.45) is 2.39. The average Bonchev–Trinajstić information content (AvgIpc) is 3.01. The molecule has 0 aliphatic carbocycles. The van der Waals surface area contributed by atoms with Gasteiger partial charge in [-0.3, -0.25) is 4.90 Å². The molecule has 5 heteroatoms. The molecule has 100 valence electrons. The molecule has 2 aliphatic rings. The highest BCUT2D eigenvalue weighted by molar-refractivity contribution is 5.03. The van der Waals surface area contributed by atoms with Crippen LogP contribution in [0.15, 0.2) is 10.6 Å². The number of hydrogen-bond acceptors (Lipinski definition) is 5. The maximum atomic E-state index is 5.61. The molecule has 3 rings (SSSR count). The van der Waals surface area contributed by atoms with E-state index in [4.69, 9.17) is 14.0 Å². The number of nitrogens with zero attached hydrogens (tertiary/aromatic N) is 2. The van der Waals surface area contributed by atoms with Crippen LogP contribution in [0.4, 0.5) is 0 Å². The van der Waals surface area contributed by atoms with E-state index in [0.717, 1.165) is 44.3 Å². The van der Waals surface area contributed by atoms with Crippen molar-refractivity contribution in [2.45, 2.75) is 32.6 Å². The Balaban J connectivity index is 1.56. The molecule has 1 atom stereocenters. The van der Waals surface area contributed by atoms with Crippen LogP contribution in [0.2, 0.25) is 0 Å². The van der Waals surface area contributed by atoms with Crippen LogP contribution in [-0.2, 0) is 16.0 Å². The van der Waals surface area contributed by atoms with E-state index in [1.165, 1.54) is 12.8 Å². The van der Waals surface area contributed by atoms with E-state index in [0.29, 0.717) is 5.92 Å². The zero-order valence-corrected chi connectivity index (χ0v) is 10.8. The van der Waals surface area contributed by atoms with Crippen molar-refractivity contribution in [1.29, 1.82) is 0 Å². The van der Waals surface area contributed by atoms with Crippen LogP contribution in [0, 0.1) is 12.8 Å². The molecule has 2 fully saturated rings. The lowest BCUT2D eigenvalue weighted by Gasteiger charge is -2.34. The summed E-state index contributed by atoms with van der Waals surface area (Å²) in [4.78, 5) is 2.40. The van der Waals surface area contributed by atoms with E-state index in [2.05, 4.69) is 10.1 Å². The smallest absolute Gasteiger partial charge is 0.161 e. The van der Waals surface area contributed by atoms with Crippen molar-refractivity contribution in [3.63, 3.8) is 0 Å². The molecule has 18 heavy (non-hydrogen) atoms. The first-order chi connectivity index (χ1) is 8.81. The van der Waals surface area contributed by atoms with Crippen LogP contribution in [-0.4, -0.2) is 42.6 Å². The van der Waals surface area contributed by atoms with Gasteiger partial charge < -0.3 is 14.0 Å². The minimum atomic E-state index is 0.00395. The molecule has 2 aliphatic heterocycles. The predicted octanol–water partition coefficient (Wildman–Crippen LogP) is 1.57. The van der Waals surface area contributed by atoms with Crippen LogP contribution in [0.3, 0.4) is 0 Å². The number of aryl methyl sites for hydroxylation is 1. The topological polar surface area (TPSA) is 47.7 Å². The molecule has 2 saturated heterocycles. The van der Waals surface area contributed by atoms with E-state index in [1.807, 2.05) is 13.0 Å². The van der Waals surface area contributed by atoms with Crippen LogP contribution < -0.4 is 0 Å². The van der Waals surface area contributed by atoms with Crippen molar-refractivity contribution in [3.05, 3.63) is 17.5 Å². The first kappa shape index (κ1) is 12.1. The molecule has 0 saturated carbocycles. The van der Waals surface area contributed by atoms with Crippen LogP contribution in [0.5, 0.6) is 0 Å². The molecule has 5 nitrogen and oxygen atoms in total. The second-order valence-corrected chi connectivity index (χ2v) is 5.18. The molecular formula is C13H20N2O3. The first-order valence-corrected chi connectivity index (χ1v) is 6.69. The van der Waals surface area contributed by atoms with Gasteiger partial charge in [0.15, 0.2) is 12.1 Å². The Morgan fingerprint density at radius 3 is 2.94 bits per heavy atom. The molecule has 1 aromatic heterocycles. The van der Waals surface area contributed by atoms with Gasteiger partial charge in [0.05, 0.1) is 25.5 Å². The number of likely N-dealkylation sites (tertiary alicyclic amines) is 1. The summed E-state index contributed by atoms with van der Waals surface area (Å²) in [6, 6.07) is 2.01. The summed E-state index contributed by atoms with van der Waals surface area (Å²) >= 11 is 0. The molecule has 0 amide bonds. The second kappa shape index (κ2) is 5.38. The minimum absolute atomic E-state index is 0.00395. The Morgan fingerprint density at radius 1 is 1.39 bits per heavy atom. The van der Waals surface area contributed by atoms with Crippen molar-refractivity contribution in [2.75, 3.05) is 26.3 Å². The lowest BCUT2D eigenvalue weighted by molar-refractivity contribution is -0.101. The lowest BCUT2D eigenvalue weighted by atomic mass is 9.97. The second-order valence-electron chi connectivity index (χ2n) is 5.18. The van der Waals surface area contributed by atoms with Crippen LogP contribution in [0.1, 0.15) is 24.3 Å². The Hall–Kier alpha value is -0.910. The van der Waals surface area contributed by atoms with E-state index in [9.17, 15) is 0 Å². The molecule has 3 heterocycles. The Bertz CT molecular complexity index is 387. The quantitative estimate of drug-likeness (QED) is 0.817. The summed E-state index contributed by atoms with van der Waals surface area (Å²) in [5.74, 6) is 1.44. The number of piperidine rings is 1. The largest absolute Gasteiger partial charge is 0.360 e. The normalized spacial score (nSPS) is 26.8. The molecular weight excluding hydrogens is 232 g/mol. The van der Waals surface area contributed by atoms with Gasteiger partial charge in [-0.1, -0.05) is 5.16 Å². The van der Waals surface area contributed by atoms with Crippen molar-refractivity contribution in [2.24, 2.45) is 5.92 Å². The average molecular weight is 252 g/mol. The molecule has 0 bridgehead atoms. The number of ether oxygens (including phenoxy) is 2. The van der Waals surface area contributed by atoms with Gasteiger partial charge in [0, 0.05) is 18.5 Å². The number of hydrogen-bond donors (Lipinski definition) is 0. The van der Waals surface area contributed by atoms with E-state index >= 15 is 0 Å². The van der Waals surface area contributed by atoms with Gasteiger partial charge in [0.1, 0.15) is 0 Å². The highest BCUT2D eigenvalue weighted by atomic mass is 16.7. The monoisotopic (exact) mass is 252 g/mol. The summed E-state index contributed by atoms with van der Waals surface area (Å²) in [5, 5.41) is 3.93. The highest BCUT2D eigenvalue weighted by Gasteiger charge is 2.31. The van der Waals surface area contributed by atoms with Gasteiger partial charge in [0.25, 0.3) is 0 Å². The molecule has 1 aromatic rings. The maximum Gasteiger partial charge on any atom is 0.161 e. The maximum absolute atomic E-state index is 5.61. The lowest BCUT2D eigenvalue weighted by Crippen LogP contribution is -2.40. The molecule has 0 spiro atoms. The Labute approximate surface area is 107 Å². The van der Waals surface area contributed by atoms with Crippen molar-refractivity contribution in [1.82, 2.24) is 10.1 Å². The van der Waals surface area contributed by atoms with E-state index < -0.39 is 0 Å². The first-order valence-electron chi connectivity index (χ1n) is 6.69. The van der Waals surface area contributed by atoms with Crippen molar-refractivity contribution >= 4 is 0 Å². The van der Waals surface area contributed by atoms with Crippen molar-refractivity contribution in [3.8, 4) is 0 Å². The van der Waals surface area contributed by atoms with Crippen molar-refractivity contribution < 1.29 is 14.0 Å². The highest BCUT2D eigenvalue weighted by Crippen LogP contribution is 2.25. The Morgan fingerprint density at radius 2 is 2.22 bits per heavy atom. The summed E-state index contributed by atoms with van der Waals surface area (Å²) < 4.78 is 16.5. The fourth-order valence-corrected chi connectivity index (χ4v) is 2.82. The Kier molecular flexibility index (Phi) is 3.63. The third-order valence-electron chi connectivity index (χ3n) is 3.63. The molecule has 0 N–H and O–H groups in total. The fraction of sp³-hybridized carbons (Fsp3) is 0.769. The predicted molar refractivity (Wildman–Crippen MR) is 64.9 cm³/mol. The van der Waals surface area contributed by atoms with Gasteiger partial charge in [-0.05, 0) is 26.3 Å². The third kappa shape index (κ3) is 2.74. The summed E-state index contributed by atoms with van der Waals surface area (Å²) in [6.45, 7) is 6.40. The number of rotatable bonds is 3. The number of aromatic nitrogens is 1. The summed E-state index contributed by atoms with van der Waals surface area (Å²) in [5.41, 5.74) is 0.945. The zero-order valence-electron chi connectivity index (χ0n) is 10.8. The van der Waals surface area contributed by atoms with Crippen LogP contribution in [0.25, 0.3) is 0 Å². The standard InChI is InChI=1S/C13H20N2O3/c1-10-7-12(18-14-10)9-15-4-2-3-11(8-15)13-16-5-6-17-13/h7,11,13H,2-6,8-9H2,1H3. The van der Waals surface area contributed by atoms with Gasteiger partial charge in [-0.15, -0.1) is 0 Å². The zero-order chi connectivity index (χ0) is 12.4. The fourth-order valence-electron chi connectivity index (χ4n) is 2.82. The SMILES string of the molecule is Cc1cc(CN2CCCC(C3OCCO3)C2)on1. The van der Waals surface area contributed by atoms with Gasteiger partial charge in [-0.25, -0.2) is 0 Å². The summed E-state index contributed by atoms with van der Waals surface area (Å²) in [7, 11) is 0.